The SMILES string of the molecule is COC1CC(C(=O)O)N(C(=O)C(C)NC(=O)CC2CCCCC2)C1. The number of likely N-dealkylation sites (tertiary alicyclic amines) is 1. The van der Waals surface area contributed by atoms with Crippen LogP contribution in [0.5, 0.6) is 0 Å². The summed E-state index contributed by atoms with van der Waals surface area (Å²) in [5.74, 6) is -1.13. The summed E-state index contributed by atoms with van der Waals surface area (Å²) in [5, 5.41) is 12.0. The predicted molar refractivity (Wildman–Crippen MR) is 87.3 cm³/mol. The largest absolute Gasteiger partial charge is 0.480 e. The molecule has 1 aliphatic carbocycles. The second-order valence-electron chi connectivity index (χ2n) is 6.94. The molecule has 2 rings (SSSR count). The van der Waals surface area contributed by atoms with Gasteiger partial charge in [0.15, 0.2) is 0 Å². The number of carboxylic acid groups (broad SMARTS) is 1. The van der Waals surface area contributed by atoms with Gasteiger partial charge in [-0.1, -0.05) is 19.3 Å². The lowest BCUT2D eigenvalue weighted by Gasteiger charge is -2.26. The van der Waals surface area contributed by atoms with E-state index in [0.29, 0.717) is 12.3 Å². The first-order valence-electron chi connectivity index (χ1n) is 8.77. The van der Waals surface area contributed by atoms with Crippen molar-refractivity contribution in [2.24, 2.45) is 5.92 Å². The molecule has 1 saturated heterocycles. The molecule has 1 aliphatic heterocycles. The van der Waals surface area contributed by atoms with Crippen LogP contribution in [-0.4, -0.2) is 59.6 Å². The van der Waals surface area contributed by atoms with Gasteiger partial charge in [-0.15, -0.1) is 0 Å². The van der Waals surface area contributed by atoms with Crippen LogP contribution in [0.15, 0.2) is 0 Å². The summed E-state index contributed by atoms with van der Waals surface area (Å²) in [6, 6.07) is -1.61. The average molecular weight is 340 g/mol. The molecule has 0 radical (unpaired) electrons. The molecule has 1 saturated carbocycles. The van der Waals surface area contributed by atoms with Crippen molar-refractivity contribution in [2.45, 2.75) is 70.1 Å². The minimum atomic E-state index is -1.04. The van der Waals surface area contributed by atoms with Gasteiger partial charge in [-0.3, -0.25) is 9.59 Å². The molecule has 7 nitrogen and oxygen atoms in total. The first-order chi connectivity index (χ1) is 11.4. The Bertz CT molecular complexity index is 476. The minimum Gasteiger partial charge on any atom is -0.480 e. The number of ether oxygens (including phenoxy) is 1. The third kappa shape index (κ3) is 4.69. The van der Waals surface area contributed by atoms with Gasteiger partial charge in [0.05, 0.1) is 6.10 Å². The van der Waals surface area contributed by atoms with Crippen LogP contribution in [0, 0.1) is 5.92 Å². The fourth-order valence-electron chi connectivity index (χ4n) is 3.71. The van der Waals surface area contributed by atoms with E-state index in [2.05, 4.69) is 5.32 Å². The first-order valence-corrected chi connectivity index (χ1v) is 8.77. The highest BCUT2D eigenvalue weighted by molar-refractivity contribution is 5.90. The molecule has 0 bridgehead atoms. The molecule has 24 heavy (non-hydrogen) atoms. The summed E-state index contributed by atoms with van der Waals surface area (Å²) in [6.07, 6.45) is 6.15. The van der Waals surface area contributed by atoms with E-state index in [1.165, 1.54) is 31.3 Å². The summed E-state index contributed by atoms with van der Waals surface area (Å²) in [5.41, 5.74) is 0. The Kier molecular flexibility index (Phi) is 6.60. The number of methoxy groups -OCH3 is 1. The Labute approximate surface area is 142 Å². The molecule has 136 valence electrons. The molecule has 2 fully saturated rings. The molecule has 0 aromatic rings. The number of hydrogen-bond acceptors (Lipinski definition) is 4. The number of carbonyl (C=O) groups is 3. The molecular formula is C17H28N2O5. The number of carboxylic acids is 1. The minimum absolute atomic E-state index is 0.128. The zero-order valence-corrected chi connectivity index (χ0v) is 14.5. The highest BCUT2D eigenvalue weighted by atomic mass is 16.5. The topological polar surface area (TPSA) is 95.9 Å². The quantitative estimate of drug-likeness (QED) is 0.756. The van der Waals surface area contributed by atoms with Gasteiger partial charge in [0.25, 0.3) is 0 Å². The summed E-state index contributed by atoms with van der Waals surface area (Å²) in [6.45, 7) is 1.86. The van der Waals surface area contributed by atoms with E-state index < -0.39 is 18.1 Å². The maximum Gasteiger partial charge on any atom is 0.326 e. The van der Waals surface area contributed by atoms with Crippen LogP contribution in [0.25, 0.3) is 0 Å². The molecule has 0 spiro atoms. The third-order valence-electron chi connectivity index (χ3n) is 5.11. The highest BCUT2D eigenvalue weighted by Crippen LogP contribution is 2.26. The lowest BCUT2D eigenvalue weighted by Crippen LogP contribution is -2.50. The molecule has 3 unspecified atom stereocenters. The summed E-state index contributed by atoms with van der Waals surface area (Å²) in [7, 11) is 1.51. The second kappa shape index (κ2) is 8.46. The molecule has 0 aromatic heterocycles. The van der Waals surface area contributed by atoms with Crippen molar-refractivity contribution in [3.8, 4) is 0 Å². The van der Waals surface area contributed by atoms with Gasteiger partial charge in [-0.05, 0) is 25.7 Å². The standard InChI is InChI=1S/C17H28N2O5/c1-11(18-15(20)8-12-6-4-3-5-7-12)16(21)19-10-13(24-2)9-14(19)17(22)23/h11-14H,3-10H2,1-2H3,(H,18,20)(H,22,23). The van der Waals surface area contributed by atoms with E-state index in [4.69, 9.17) is 4.74 Å². The normalized spacial score (nSPS) is 26.2. The Morgan fingerprint density at radius 1 is 1.25 bits per heavy atom. The molecule has 3 atom stereocenters. The van der Waals surface area contributed by atoms with E-state index >= 15 is 0 Å². The molecule has 7 heteroatoms. The van der Waals surface area contributed by atoms with Crippen LogP contribution in [0.2, 0.25) is 0 Å². The number of nitrogens with zero attached hydrogens (tertiary/aromatic N) is 1. The third-order valence-corrected chi connectivity index (χ3v) is 5.11. The van der Waals surface area contributed by atoms with Crippen molar-refractivity contribution in [2.75, 3.05) is 13.7 Å². The Morgan fingerprint density at radius 3 is 2.50 bits per heavy atom. The van der Waals surface area contributed by atoms with Gasteiger partial charge in [0.1, 0.15) is 12.1 Å². The number of amides is 2. The van der Waals surface area contributed by atoms with Gasteiger partial charge in [0.2, 0.25) is 11.8 Å². The predicted octanol–water partition coefficient (Wildman–Crippen LogP) is 1.16. The van der Waals surface area contributed by atoms with Gasteiger partial charge in [0, 0.05) is 26.5 Å². The molecule has 2 N–H and O–H groups in total. The fourth-order valence-corrected chi connectivity index (χ4v) is 3.71. The van der Waals surface area contributed by atoms with Crippen molar-refractivity contribution in [3.63, 3.8) is 0 Å². The lowest BCUT2D eigenvalue weighted by atomic mass is 9.87. The molecule has 0 aromatic carbocycles. The second-order valence-corrected chi connectivity index (χ2v) is 6.94. The van der Waals surface area contributed by atoms with Gasteiger partial charge in [-0.25, -0.2) is 4.79 Å². The fraction of sp³-hybridized carbons (Fsp3) is 0.824. The molecule has 1 heterocycles. The number of hydrogen-bond donors (Lipinski definition) is 2. The van der Waals surface area contributed by atoms with Gasteiger partial charge in [-0.2, -0.15) is 0 Å². The zero-order valence-electron chi connectivity index (χ0n) is 14.5. The summed E-state index contributed by atoms with van der Waals surface area (Å²) >= 11 is 0. The summed E-state index contributed by atoms with van der Waals surface area (Å²) < 4.78 is 5.19. The average Bonchev–Trinajstić information content (AvgIpc) is 2.99. The van der Waals surface area contributed by atoms with Crippen LogP contribution in [0.1, 0.15) is 51.9 Å². The zero-order chi connectivity index (χ0) is 17.7. The smallest absolute Gasteiger partial charge is 0.326 e. The van der Waals surface area contributed by atoms with Crippen molar-refractivity contribution in [1.29, 1.82) is 0 Å². The highest BCUT2D eigenvalue weighted by Gasteiger charge is 2.41. The number of aliphatic carboxylic acids is 1. The van der Waals surface area contributed by atoms with E-state index in [9.17, 15) is 19.5 Å². The van der Waals surface area contributed by atoms with E-state index in [-0.39, 0.29) is 30.9 Å². The molecule has 2 aliphatic rings. The van der Waals surface area contributed by atoms with Gasteiger partial charge >= 0.3 is 5.97 Å². The maximum atomic E-state index is 12.5. The van der Waals surface area contributed by atoms with E-state index in [0.717, 1.165) is 12.8 Å². The molecular weight excluding hydrogens is 312 g/mol. The van der Waals surface area contributed by atoms with Crippen molar-refractivity contribution in [3.05, 3.63) is 0 Å². The Balaban J connectivity index is 1.88. The monoisotopic (exact) mass is 340 g/mol. The Morgan fingerprint density at radius 2 is 1.92 bits per heavy atom. The molecule has 2 amide bonds. The van der Waals surface area contributed by atoms with E-state index in [1.807, 2.05) is 0 Å². The van der Waals surface area contributed by atoms with E-state index in [1.54, 1.807) is 6.92 Å². The number of carbonyl (C=O) groups excluding carboxylic acids is 2. The van der Waals surface area contributed by atoms with Crippen molar-refractivity contribution >= 4 is 17.8 Å². The van der Waals surface area contributed by atoms with Crippen LogP contribution >= 0.6 is 0 Å². The van der Waals surface area contributed by atoms with Crippen LogP contribution in [-0.2, 0) is 19.1 Å². The van der Waals surface area contributed by atoms with Crippen molar-refractivity contribution in [1.82, 2.24) is 10.2 Å². The number of nitrogens with one attached hydrogen (secondary N) is 1. The van der Waals surface area contributed by atoms with Crippen molar-refractivity contribution < 1.29 is 24.2 Å². The Hall–Kier alpha value is -1.63. The van der Waals surface area contributed by atoms with Crippen LogP contribution < -0.4 is 5.32 Å². The van der Waals surface area contributed by atoms with Crippen LogP contribution in [0.4, 0.5) is 0 Å². The van der Waals surface area contributed by atoms with Crippen LogP contribution in [0.3, 0.4) is 0 Å². The summed E-state index contributed by atoms with van der Waals surface area (Å²) in [4.78, 5) is 37.4. The lowest BCUT2D eigenvalue weighted by molar-refractivity contribution is -0.149. The number of rotatable bonds is 6. The maximum absolute atomic E-state index is 12.5. The van der Waals surface area contributed by atoms with Gasteiger partial charge < -0.3 is 20.1 Å². The first kappa shape index (κ1) is 18.7.